The van der Waals surface area contributed by atoms with Gasteiger partial charge in [-0.15, -0.1) is 0 Å². The Bertz CT molecular complexity index is 936. The van der Waals surface area contributed by atoms with Crippen molar-refractivity contribution in [1.82, 2.24) is 4.90 Å². The minimum atomic E-state index is -3.09. The number of unbranched alkanes of at least 4 members (excludes halogenated alkanes) is 1. The number of benzene rings is 2. The van der Waals surface area contributed by atoms with Gasteiger partial charge in [-0.25, -0.2) is 8.42 Å². The maximum Gasteiger partial charge on any atom is 0.254 e. The van der Waals surface area contributed by atoms with E-state index in [1.54, 1.807) is 17.0 Å². The van der Waals surface area contributed by atoms with Crippen molar-refractivity contribution in [3.63, 3.8) is 0 Å². The lowest BCUT2D eigenvalue weighted by atomic mass is 10.1. The summed E-state index contributed by atoms with van der Waals surface area (Å²) in [5.41, 5.74) is 2.79. The largest absolute Gasteiger partial charge is 0.494 e. The molecule has 6 heteroatoms. The van der Waals surface area contributed by atoms with Crippen LogP contribution in [0.25, 0.3) is 0 Å². The van der Waals surface area contributed by atoms with E-state index in [9.17, 15) is 13.2 Å². The van der Waals surface area contributed by atoms with Crippen molar-refractivity contribution in [1.29, 1.82) is 0 Å². The van der Waals surface area contributed by atoms with Crippen molar-refractivity contribution in [3.8, 4) is 5.75 Å². The molecule has 0 aromatic heterocycles. The fourth-order valence-corrected chi connectivity index (χ4v) is 5.39. The Morgan fingerprint density at radius 2 is 1.70 bits per heavy atom. The number of amides is 1. The van der Waals surface area contributed by atoms with Crippen molar-refractivity contribution in [2.75, 3.05) is 18.1 Å². The Balaban J connectivity index is 1.79. The third kappa shape index (κ3) is 5.85. The van der Waals surface area contributed by atoms with Crippen LogP contribution in [-0.2, 0) is 22.8 Å². The summed E-state index contributed by atoms with van der Waals surface area (Å²) >= 11 is 0. The van der Waals surface area contributed by atoms with Crippen molar-refractivity contribution in [2.24, 2.45) is 0 Å². The Kier molecular flexibility index (Phi) is 7.53. The molecule has 30 heavy (non-hydrogen) atoms. The average molecular weight is 430 g/mol. The van der Waals surface area contributed by atoms with E-state index in [1.165, 1.54) is 5.56 Å². The molecule has 0 aliphatic carbocycles. The molecule has 1 aliphatic rings. The van der Waals surface area contributed by atoms with E-state index in [0.717, 1.165) is 30.6 Å². The van der Waals surface area contributed by atoms with Crippen LogP contribution in [-0.4, -0.2) is 43.4 Å². The van der Waals surface area contributed by atoms with Gasteiger partial charge >= 0.3 is 0 Å². The molecule has 0 saturated carbocycles. The van der Waals surface area contributed by atoms with Gasteiger partial charge in [0.25, 0.3) is 5.91 Å². The zero-order valence-electron chi connectivity index (χ0n) is 17.8. The van der Waals surface area contributed by atoms with Crippen molar-refractivity contribution >= 4 is 15.7 Å². The molecule has 0 radical (unpaired) electrons. The molecule has 162 valence electrons. The van der Waals surface area contributed by atoms with Gasteiger partial charge in [0.2, 0.25) is 0 Å². The van der Waals surface area contributed by atoms with Gasteiger partial charge in [0.05, 0.1) is 18.1 Å². The summed E-state index contributed by atoms with van der Waals surface area (Å²) < 4.78 is 29.8. The topological polar surface area (TPSA) is 63.7 Å². The predicted molar refractivity (Wildman–Crippen MR) is 120 cm³/mol. The third-order valence-corrected chi connectivity index (χ3v) is 7.31. The Morgan fingerprint density at radius 3 is 2.27 bits per heavy atom. The molecular formula is C24H31NO4S. The zero-order valence-corrected chi connectivity index (χ0v) is 18.7. The number of sulfone groups is 1. The molecule has 3 rings (SSSR count). The monoisotopic (exact) mass is 429 g/mol. The molecule has 1 amide bonds. The lowest BCUT2D eigenvalue weighted by Crippen LogP contribution is -2.40. The standard InChI is InChI=1S/C24H31NO4S/c1-3-5-15-29-23-12-10-21(11-13-23)24(26)25(22-14-16-30(27,28)18-22)17-20-8-6-19(4-2)7-9-20/h6-13,22H,3-5,14-18H2,1-2H3. The third-order valence-electron chi connectivity index (χ3n) is 5.56. The highest BCUT2D eigenvalue weighted by Crippen LogP contribution is 2.23. The Hall–Kier alpha value is -2.34. The first-order valence-corrected chi connectivity index (χ1v) is 12.6. The highest BCUT2D eigenvalue weighted by molar-refractivity contribution is 7.91. The number of ether oxygens (including phenoxy) is 1. The SMILES string of the molecule is CCCCOc1ccc(C(=O)N(Cc2ccc(CC)cc2)C2CCS(=O)(=O)C2)cc1. The summed E-state index contributed by atoms with van der Waals surface area (Å²) in [7, 11) is -3.09. The van der Waals surface area contributed by atoms with Crippen LogP contribution in [0.1, 0.15) is 54.6 Å². The number of nitrogens with zero attached hydrogens (tertiary/aromatic N) is 1. The number of carbonyl (C=O) groups excluding carboxylic acids is 1. The number of hydrogen-bond donors (Lipinski definition) is 0. The molecule has 1 unspecified atom stereocenters. The van der Waals surface area contributed by atoms with Crippen LogP contribution in [0, 0.1) is 0 Å². The maximum absolute atomic E-state index is 13.3. The fourth-order valence-electron chi connectivity index (χ4n) is 3.66. The second-order valence-corrected chi connectivity index (χ2v) is 10.1. The molecule has 1 fully saturated rings. The molecule has 0 N–H and O–H groups in total. The summed E-state index contributed by atoms with van der Waals surface area (Å²) in [4.78, 5) is 15.1. The second kappa shape index (κ2) is 10.1. The van der Waals surface area contributed by atoms with Crippen molar-refractivity contribution < 1.29 is 17.9 Å². The van der Waals surface area contributed by atoms with Gasteiger partial charge in [-0.2, -0.15) is 0 Å². The minimum Gasteiger partial charge on any atom is -0.494 e. The van der Waals surface area contributed by atoms with E-state index in [2.05, 4.69) is 26.0 Å². The molecule has 1 saturated heterocycles. The predicted octanol–water partition coefficient (Wildman–Crippen LogP) is 4.26. The number of aryl methyl sites for hydroxylation is 1. The normalized spacial score (nSPS) is 17.6. The summed E-state index contributed by atoms with van der Waals surface area (Å²) in [6.45, 7) is 5.27. The van der Waals surface area contributed by atoms with Crippen LogP contribution in [0.5, 0.6) is 5.75 Å². The molecular weight excluding hydrogens is 398 g/mol. The smallest absolute Gasteiger partial charge is 0.254 e. The van der Waals surface area contributed by atoms with E-state index < -0.39 is 9.84 Å². The molecule has 2 aromatic carbocycles. The molecule has 0 spiro atoms. The first-order chi connectivity index (χ1) is 14.4. The van der Waals surface area contributed by atoms with Gasteiger partial charge in [-0.05, 0) is 54.7 Å². The number of rotatable bonds is 9. The van der Waals surface area contributed by atoms with E-state index in [4.69, 9.17) is 4.74 Å². The van der Waals surface area contributed by atoms with Gasteiger partial charge in [0.1, 0.15) is 5.75 Å². The van der Waals surface area contributed by atoms with E-state index in [-0.39, 0.29) is 23.5 Å². The van der Waals surface area contributed by atoms with Crippen LogP contribution in [0.15, 0.2) is 48.5 Å². The number of hydrogen-bond acceptors (Lipinski definition) is 4. The van der Waals surface area contributed by atoms with E-state index in [1.807, 2.05) is 24.3 Å². The Labute approximate surface area is 180 Å². The average Bonchev–Trinajstić information content (AvgIpc) is 3.12. The quantitative estimate of drug-likeness (QED) is 0.559. The van der Waals surface area contributed by atoms with E-state index >= 15 is 0 Å². The fraction of sp³-hybridized carbons (Fsp3) is 0.458. The minimum absolute atomic E-state index is 0.0317. The maximum atomic E-state index is 13.3. The van der Waals surface area contributed by atoms with Crippen LogP contribution >= 0.6 is 0 Å². The van der Waals surface area contributed by atoms with Crippen LogP contribution in [0.4, 0.5) is 0 Å². The first-order valence-electron chi connectivity index (χ1n) is 10.7. The molecule has 2 aromatic rings. The zero-order chi connectivity index (χ0) is 21.6. The van der Waals surface area contributed by atoms with Gasteiger partial charge in [0, 0.05) is 18.2 Å². The van der Waals surface area contributed by atoms with E-state index in [0.29, 0.717) is 25.1 Å². The molecule has 1 aliphatic heterocycles. The second-order valence-electron chi connectivity index (χ2n) is 7.89. The van der Waals surface area contributed by atoms with Gasteiger partial charge in [-0.1, -0.05) is 44.5 Å². The van der Waals surface area contributed by atoms with Crippen LogP contribution in [0.2, 0.25) is 0 Å². The first kappa shape index (κ1) is 22.3. The van der Waals surface area contributed by atoms with Crippen LogP contribution in [0.3, 0.4) is 0 Å². The van der Waals surface area contributed by atoms with Gasteiger partial charge < -0.3 is 9.64 Å². The Morgan fingerprint density at radius 1 is 1.03 bits per heavy atom. The van der Waals surface area contributed by atoms with Crippen molar-refractivity contribution in [2.45, 2.75) is 52.1 Å². The molecule has 5 nitrogen and oxygen atoms in total. The highest BCUT2D eigenvalue weighted by Gasteiger charge is 2.35. The molecule has 0 bridgehead atoms. The summed E-state index contributed by atoms with van der Waals surface area (Å²) in [6, 6.07) is 15.0. The summed E-state index contributed by atoms with van der Waals surface area (Å²) in [5.74, 6) is 0.770. The lowest BCUT2D eigenvalue weighted by Gasteiger charge is -2.28. The highest BCUT2D eigenvalue weighted by atomic mass is 32.2. The summed E-state index contributed by atoms with van der Waals surface area (Å²) in [5, 5.41) is 0. The number of carbonyl (C=O) groups is 1. The molecule has 1 heterocycles. The summed E-state index contributed by atoms with van der Waals surface area (Å²) in [6.07, 6.45) is 3.49. The molecule has 1 atom stereocenters. The van der Waals surface area contributed by atoms with Crippen LogP contribution < -0.4 is 4.74 Å². The van der Waals surface area contributed by atoms with Gasteiger partial charge in [-0.3, -0.25) is 4.79 Å². The lowest BCUT2D eigenvalue weighted by molar-refractivity contribution is 0.0681. The van der Waals surface area contributed by atoms with Crippen molar-refractivity contribution in [3.05, 3.63) is 65.2 Å². The van der Waals surface area contributed by atoms with Gasteiger partial charge in [0.15, 0.2) is 9.84 Å².